The first-order chi connectivity index (χ1) is 12.4. The van der Waals surface area contributed by atoms with Crippen LogP contribution in [0.3, 0.4) is 0 Å². The second-order valence-corrected chi connectivity index (χ2v) is 6.07. The van der Waals surface area contributed by atoms with Crippen LogP contribution in [-0.2, 0) is 11.3 Å². The van der Waals surface area contributed by atoms with Gasteiger partial charge in [-0.3, -0.25) is 9.89 Å². The van der Waals surface area contributed by atoms with Crippen LogP contribution in [0.5, 0.6) is 0 Å². The number of nitrogens with one attached hydrogen (secondary N) is 2. The fraction of sp³-hybridized carbons (Fsp3) is 0.158. The number of H-pyrrole nitrogens is 1. The van der Waals surface area contributed by atoms with Gasteiger partial charge in [0.2, 0.25) is 5.91 Å². The predicted molar refractivity (Wildman–Crippen MR) is 97.5 cm³/mol. The van der Waals surface area contributed by atoms with Crippen LogP contribution in [0.15, 0.2) is 42.5 Å². The monoisotopic (exact) mass is 356 g/mol. The maximum Gasteiger partial charge on any atom is 0.246 e. The molecule has 0 radical (unpaired) electrons. The molecule has 0 aliphatic heterocycles. The highest BCUT2D eigenvalue weighted by molar-refractivity contribution is 5.95. The molecule has 2 N–H and O–H groups in total. The van der Waals surface area contributed by atoms with Gasteiger partial charge in [-0.15, -0.1) is 0 Å². The number of hydrogen-bond donors (Lipinski definition) is 2. The quantitative estimate of drug-likeness (QED) is 0.687. The number of aromatic amines is 1. The van der Waals surface area contributed by atoms with Crippen molar-refractivity contribution in [1.29, 1.82) is 0 Å². The van der Waals surface area contributed by atoms with Crippen molar-refractivity contribution in [2.75, 3.05) is 19.4 Å². The molecule has 0 saturated carbocycles. The Labute approximate surface area is 149 Å². The summed E-state index contributed by atoms with van der Waals surface area (Å²) in [6.45, 7) is 0.280. The molecule has 0 atom stereocenters. The van der Waals surface area contributed by atoms with Gasteiger partial charge in [-0.05, 0) is 42.0 Å². The lowest BCUT2D eigenvalue weighted by atomic mass is 10.1. The van der Waals surface area contributed by atoms with E-state index < -0.39 is 11.6 Å². The summed E-state index contributed by atoms with van der Waals surface area (Å²) in [4.78, 5) is 13.2. The van der Waals surface area contributed by atoms with Gasteiger partial charge in [0.15, 0.2) is 0 Å². The third-order valence-electron chi connectivity index (χ3n) is 3.84. The maximum absolute atomic E-state index is 13.3. The molecule has 26 heavy (non-hydrogen) atoms. The first-order valence-corrected chi connectivity index (χ1v) is 7.99. The van der Waals surface area contributed by atoms with Crippen molar-refractivity contribution < 1.29 is 13.6 Å². The molecule has 0 unspecified atom stereocenters. The van der Waals surface area contributed by atoms with Crippen LogP contribution in [0.1, 0.15) is 11.3 Å². The Kier molecular flexibility index (Phi) is 4.97. The Morgan fingerprint density at radius 3 is 2.62 bits per heavy atom. The van der Waals surface area contributed by atoms with Gasteiger partial charge in [0.1, 0.15) is 11.6 Å². The number of benzene rings is 2. The van der Waals surface area contributed by atoms with Crippen LogP contribution in [-0.4, -0.2) is 35.1 Å². The van der Waals surface area contributed by atoms with Gasteiger partial charge in [-0.25, -0.2) is 8.78 Å². The number of carbonyl (C=O) groups excluding carboxylic acids is 1. The number of aromatic nitrogens is 2. The maximum atomic E-state index is 13.3. The van der Waals surface area contributed by atoms with Crippen molar-refractivity contribution in [1.82, 2.24) is 15.1 Å². The number of fused-ring (bicyclic) bond motifs is 1. The predicted octanol–water partition coefficient (Wildman–Crippen LogP) is 3.55. The second-order valence-electron chi connectivity index (χ2n) is 6.07. The Morgan fingerprint density at radius 2 is 1.92 bits per heavy atom. The molecule has 0 bridgehead atoms. The van der Waals surface area contributed by atoms with Crippen LogP contribution in [0.4, 0.5) is 14.5 Å². The van der Waals surface area contributed by atoms with Crippen LogP contribution in [0, 0.1) is 11.6 Å². The Morgan fingerprint density at radius 1 is 1.19 bits per heavy atom. The van der Waals surface area contributed by atoms with Gasteiger partial charge in [-0.2, -0.15) is 5.10 Å². The van der Waals surface area contributed by atoms with E-state index in [2.05, 4.69) is 15.5 Å². The summed E-state index contributed by atoms with van der Waals surface area (Å²) in [6.07, 6.45) is 3.10. The van der Waals surface area contributed by atoms with Crippen LogP contribution >= 0.6 is 0 Å². The van der Waals surface area contributed by atoms with E-state index in [9.17, 15) is 13.6 Å². The lowest BCUT2D eigenvalue weighted by Gasteiger charge is -2.07. The average Bonchev–Trinajstić information content (AvgIpc) is 2.99. The molecule has 7 heteroatoms. The second kappa shape index (κ2) is 7.35. The highest BCUT2D eigenvalue weighted by Crippen LogP contribution is 2.22. The summed E-state index contributed by atoms with van der Waals surface area (Å²) >= 11 is 0. The van der Waals surface area contributed by atoms with E-state index in [1.807, 2.05) is 18.2 Å². The SMILES string of the molecule is CN(C)C(=O)/C=C/c1n[nH]c2ccc(NCc3cc(F)cc(F)c3)cc12. The molecule has 0 saturated heterocycles. The van der Waals surface area contributed by atoms with E-state index in [-0.39, 0.29) is 12.5 Å². The van der Waals surface area contributed by atoms with Crippen LogP contribution in [0.2, 0.25) is 0 Å². The third kappa shape index (κ3) is 4.05. The molecule has 1 aromatic heterocycles. The summed E-state index contributed by atoms with van der Waals surface area (Å²) in [7, 11) is 3.35. The molecule has 5 nitrogen and oxygen atoms in total. The van der Waals surface area contributed by atoms with Crippen molar-refractivity contribution in [2.45, 2.75) is 6.54 Å². The number of amides is 1. The summed E-state index contributed by atoms with van der Waals surface area (Å²) in [6, 6.07) is 8.97. The molecule has 0 fully saturated rings. The van der Waals surface area contributed by atoms with E-state index in [1.165, 1.54) is 23.1 Å². The Balaban J connectivity index is 1.79. The molecular formula is C19H18F2N4O. The molecule has 134 valence electrons. The molecule has 1 heterocycles. The number of halogens is 2. The van der Waals surface area contributed by atoms with Crippen molar-refractivity contribution in [3.63, 3.8) is 0 Å². The molecule has 0 aliphatic rings. The van der Waals surface area contributed by atoms with Gasteiger partial charge in [-0.1, -0.05) is 0 Å². The fourth-order valence-electron chi connectivity index (χ4n) is 2.49. The highest BCUT2D eigenvalue weighted by atomic mass is 19.1. The minimum Gasteiger partial charge on any atom is -0.381 e. The van der Waals surface area contributed by atoms with Gasteiger partial charge in [0, 0.05) is 43.9 Å². The summed E-state index contributed by atoms with van der Waals surface area (Å²) in [5.41, 5.74) is 2.74. The fourth-order valence-corrected chi connectivity index (χ4v) is 2.49. The van der Waals surface area contributed by atoms with Gasteiger partial charge in [0.05, 0.1) is 11.2 Å². The third-order valence-corrected chi connectivity index (χ3v) is 3.84. The van der Waals surface area contributed by atoms with Crippen molar-refractivity contribution in [3.8, 4) is 0 Å². The van der Waals surface area contributed by atoms with Crippen molar-refractivity contribution in [3.05, 3.63) is 65.4 Å². The summed E-state index contributed by atoms with van der Waals surface area (Å²) in [5.74, 6) is -1.35. The Hall–Kier alpha value is -3.22. The average molecular weight is 356 g/mol. The number of rotatable bonds is 5. The number of hydrogen-bond acceptors (Lipinski definition) is 3. The summed E-state index contributed by atoms with van der Waals surface area (Å²) in [5, 5.41) is 11.1. The van der Waals surface area contributed by atoms with E-state index in [0.29, 0.717) is 11.3 Å². The zero-order valence-electron chi connectivity index (χ0n) is 14.4. The number of nitrogens with zero attached hydrogens (tertiary/aromatic N) is 2. The smallest absolute Gasteiger partial charge is 0.246 e. The van der Waals surface area contributed by atoms with Crippen LogP contribution < -0.4 is 5.32 Å². The lowest BCUT2D eigenvalue weighted by molar-refractivity contribution is -0.123. The van der Waals surface area contributed by atoms with E-state index in [1.54, 1.807) is 20.2 Å². The standard InChI is InChI=1S/C19H18F2N4O/c1-25(2)19(26)6-5-18-16-10-15(3-4-17(16)23-24-18)22-11-12-7-13(20)9-14(21)8-12/h3-10,22H,11H2,1-2H3,(H,23,24)/b6-5+. The lowest BCUT2D eigenvalue weighted by Crippen LogP contribution is -2.18. The normalized spacial score (nSPS) is 11.2. The van der Waals surface area contributed by atoms with Crippen LogP contribution in [0.25, 0.3) is 17.0 Å². The largest absolute Gasteiger partial charge is 0.381 e. The zero-order chi connectivity index (χ0) is 18.7. The molecular weight excluding hydrogens is 338 g/mol. The molecule has 0 aliphatic carbocycles. The van der Waals surface area contributed by atoms with Gasteiger partial charge in [0.25, 0.3) is 0 Å². The van der Waals surface area contributed by atoms with E-state index in [4.69, 9.17) is 0 Å². The molecule has 3 aromatic rings. The first-order valence-electron chi connectivity index (χ1n) is 7.99. The Bertz CT molecular complexity index is 959. The molecule has 1 amide bonds. The molecule has 0 spiro atoms. The van der Waals surface area contributed by atoms with E-state index >= 15 is 0 Å². The van der Waals surface area contributed by atoms with Crippen molar-refractivity contribution in [2.24, 2.45) is 0 Å². The first kappa shape index (κ1) is 17.6. The number of likely N-dealkylation sites (N-methyl/N-ethyl adjacent to an activating group) is 1. The minimum absolute atomic E-state index is 0.136. The molecule has 2 aromatic carbocycles. The van der Waals surface area contributed by atoms with Crippen molar-refractivity contribution >= 4 is 28.6 Å². The zero-order valence-corrected chi connectivity index (χ0v) is 14.4. The van der Waals surface area contributed by atoms with Gasteiger partial charge >= 0.3 is 0 Å². The molecule has 3 rings (SSSR count). The number of anilines is 1. The topological polar surface area (TPSA) is 61.0 Å². The minimum atomic E-state index is -0.606. The number of carbonyl (C=O) groups is 1. The summed E-state index contributed by atoms with van der Waals surface area (Å²) < 4.78 is 26.5. The van der Waals surface area contributed by atoms with Gasteiger partial charge < -0.3 is 10.2 Å². The van der Waals surface area contributed by atoms with E-state index in [0.717, 1.165) is 22.7 Å². The highest BCUT2D eigenvalue weighted by Gasteiger charge is 2.06.